The van der Waals surface area contributed by atoms with Gasteiger partial charge in [0.15, 0.2) is 5.76 Å². The summed E-state index contributed by atoms with van der Waals surface area (Å²) in [6.07, 6.45) is 3.69. The monoisotopic (exact) mass is 393 g/mol. The molecule has 2 aromatic carbocycles. The van der Waals surface area contributed by atoms with Crippen molar-refractivity contribution >= 4 is 5.97 Å². The number of carbonyl (C=O) groups excluding carboxylic acids is 1. The van der Waals surface area contributed by atoms with Gasteiger partial charge in [-0.25, -0.2) is 4.98 Å². The minimum atomic E-state index is -0.513. The molecule has 1 aromatic heterocycles. The molecule has 3 aromatic rings. The number of esters is 1. The van der Waals surface area contributed by atoms with E-state index in [-0.39, 0.29) is 5.97 Å². The molecule has 3 rings (SSSR count). The number of ether oxygens (including phenoxy) is 2. The number of aromatic nitrogens is 1. The van der Waals surface area contributed by atoms with Crippen LogP contribution in [0.5, 0.6) is 5.75 Å². The second-order valence-corrected chi connectivity index (χ2v) is 6.90. The molecule has 1 heterocycles. The van der Waals surface area contributed by atoms with Crippen molar-refractivity contribution in [2.75, 3.05) is 14.2 Å². The van der Waals surface area contributed by atoms with Gasteiger partial charge in [0.1, 0.15) is 17.4 Å². The van der Waals surface area contributed by atoms with Gasteiger partial charge in [0.05, 0.1) is 14.2 Å². The Morgan fingerprint density at radius 3 is 2.34 bits per heavy atom. The Bertz CT molecular complexity index is 916. The predicted molar refractivity (Wildman–Crippen MR) is 113 cm³/mol. The molecule has 5 nitrogen and oxygen atoms in total. The zero-order valence-electron chi connectivity index (χ0n) is 17.2. The van der Waals surface area contributed by atoms with Crippen molar-refractivity contribution < 1.29 is 18.7 Å². The average molecular weight is 393 g/mol. The Balaban J connectivity index is 2.06. The average Bonchev–Trinajstić information content (AvgIpc) is 3.22. The van der Waals surface area contributed by atoms with Gasteiger partial charge in [-0.2, -0.15) is 0 Å². The van der Waals surface area contributed by atoms with Gasteiger partial charge in [0.25, 0.3) is 0 Å². The Kier molecular flexibility index (Phi) is 7.06. The molecule has 0 saturated heterocycles. The molecule has 0 amide bonds. The van der Waals surface area contributed by atoms with E-state index in [0.717, 1.165) is 41.8 Å². The summed E-state index contributed by atoms with van der Waals surface area (Å²) in [6, 6.07) is 17.5. The zero-order valence-corrected chi connectivity index (χ0v) is 17.2. The maximum atomic E-state index is 12.4. The summed E-state index contributed by atoms with van der Waals surface area (Å²) in [6.45, 7) is 2.13. The molecule has 5 heteroatoms. The molecule has 0 fully saturated rings. The van der Waals surface area contributed by atoms with E-state index < -0.39 is 5.92 Å². The fraction of sp³-hybridized carbons (Fsp3) is 0.333. The molecule has 1 unspecified atom stereocenters. The van der Waals surface area contributed by atoms with Crippen LogP contribution in [0.1, 0.15) is 44.4 Å². The van der Waals surface area contributed by atoms with Crippen LogP contribution in [0.25, 0.3) is 22.6 Å². The van der Waals surface area contributed by atoms with E-state index in [9.17, 15) is 4.79 Å². The highest BCUT2D eigenvalue weighted by molar-refractivity contribution is 5.80. The Morgan fingerprint density at radius 2 is 1.72 bits per heavy atom. The fourth-order valence-corrected chi connectivity index (χ4v) is 3.30. The highest BCUT2D eigenvalue weighted by atomic mass is 16.5. The number of hydrogen-bond acceptors (Lipinski definition) is 5. The van der Waals surface area contributed by atoms with Crippen molar-refractivity contribution in [3.8, 4) is 28.3 Å². The van der Waals surface area contributed by atoms with Gasteiger partial charge in [0, 0.05) is 11.1 Å². The standard InChI is InChI=1S/C24H27NO4/c1-4-5-7-12-20(24(26)28-3)23-25-21(17-10-8-6-9-11-17)22(29-23)18-13-15-19(27-2)16-14-18/h6,8-11,13-16,20H,4-5,7,12H2,1-3H3. The molecule has 0 spiro atoms. The number of unbranched alkanes of at least 4 members (excludes halogenated alkanes) is 2. The zero-order chi connectivity index (χ0) is 20.6. The van der Waals surface area contributed by atoms with Crippen molar-refractivity contribution in [3.63, 3.8) is 0 Å². The normalized spacial score (nSPS) is 11.8. The minimum absolute atomic E-state index is 0.316. The summed E-state index contributed by atoms with van der Waals surface area (Å²) in [5.41, 5.74) is 2.53. The van der Waals surface area contributed by atoms with Crippen LogP contribution < -0.4 is 4.74 Å². The van der Waals surface area contributed by atoms with Crippen molar-refractivity contribution in [2.45, 2.75) is 38.5 Å². The van der Waals surface area contributed by atoms with Gasteiger partial charge in [-0.3, -0.25) is 4.79 Å². The van der Waals surface area contributed by atoms with Gasteiger partial charge in [-0.05, 0) is 30.7 Å². The molecular weight excluding hydrogens is 366 g/mol. The number of oxazole rings is 1. The molecule has 0 aliphatic carbocycles. The molecule has 0 saturated carbocycles. The number of hydrogen-bond donors (Lipinski definition) is 0. The molecule has 0 radical (unpaired) electrons. The van der Waals surface area contributed by atoms with E-state index in [4.69, 9.17) is 18.9 Å². The van der Waals surface area contributed by atoms with E-state index >= 15 is 0 Å². The van der Waals surface area contributed by atoms with E-state index in [0.29, 0.717) is 18.1 Å². The summed E-state index contributed by atoms with van der Waals surface area (Å²) >= 11 is 0. The summed E-state index contributed by atoms with van der Waals surface area (Å²) in [7, 11) is 3.04. The van der Waals surface area contributed by atoms with Gasteiger partial charge >= 0.3 is 5.97 Å². The molecular formula is C24H27NO4. The SMILES string of the molecule is CCCCCC(C(=O)OC)c1nc(-c2ccccc2)c(-c2ccc(OC)cc2)o1. The van der Waals surface area contributed by atoms with Crippen LogP contribution in [0.15, 0.2) is 59.0 Å². The summed E-state index contributed by atoms with van der Waals surface area (Å²) in [5.74, 6) is 0.974. The number of carbonyl (C=O) groups is 1. The van der Waals surface area contributed by atoms with Crippen LogP contribution in [0.2, 0.25) is 0 Å². The number of rotatable bonds is 9. The lowest BCUT2D eigenvalue weighted by Crippen LogP contribution is -2.14. The third-order valence-electron chi connectivity index (χ3n) is 4.92. The maximum Gasteiger partial charge on any atom is 0.318 e. The Labute approximate surface area is 171 Å². The highest BCUT2D eigenvalue weighted by Crippen LogP contribution is 2.36. The molecule has 0 aliphatic heterocycles. The molecule has 1 atom stereocenters. The van der Waals surface area contributed by atoms with Crippen molar-refractivity contribution in [2.24, 2.45) is 0 Å². The highest BCUT2D eigenvalue weighted by Gasteiger charge is 2.29. The Morgan fingerprint density at radius 1 is 1.00 bits per heavy atom. The van der Waals surface area contributed by atoms with E-state index in [2.05, 4.69) is 6.92 Å². The predicted octanol–water partition coefficient (Wildman–Crippen LogP) is 5.85. The van der Waals surface area contributed by atoms with Gasteiger partial charge < -0.3 is 13.9 Å². The van der Waals surface area contributed by atoms with Crippen LogP contribution in [-0.2, 0) is 9.53 Å². The van der Waals surface area contributed by atoms with Crippen LogP contribution in [0.4, 0.5) is 0 Å². The van der Waals surface area contributed by atoms with Crippen molar-refractivity contribution in [3.05, 3.63) is 60.5 Å². The maximum absolute atomic E-state index is 12.4. The Hall–Kier alpha value is -3.08. The molecule has 0 aliphatic rings. The number of nitrogens with zero attached hydrogens (tertiary/aromatic N) is 1. The lowest BCUT2D eigenvalue weighted by atomic mass is 10.0. The topological polar surface area (TPSA) is 61.6 Å². The van der Waals surface area contributed by atoms with E-state index in [1.54, 1.807) is 7.11 Å². The minimum Gasteiger partial charge on any atom is -0.497 e. The van der Waals surface area contributed by atoms with Crippen LogP contribution in [-0.4, -0.2) is 25.2 Å². The second kappa shape index (κ2) is 9.92. The van der Waals surface area contributed by atoms with Gasteiger partial charge in [-0.1, -0.05) is 56.5 Å². The lowest BCUT2D eigenvalue weighted by molar-refractivity contribution is -0.143. The van der Waals surface area contributed by atoms with Crippen LogP contribution in [0, 0.1) is 0 Å². The van der Waals surface area contributed by atoms with Gasteiger partial charge in [-0.15, -0.1) is 0 Å². The smallest absolute Gasteiger partial charge is 0.318 e. The van der Waals surface area contributed by atoms with E-state index in [1.807, 2.05) is 54.6 Å². The third-order valence-corrected chi connectivity index (χ3v) is 4.92. The first-order valence-corrected chi connectivity index (χ1v) is 9.96. The largest absolute Gasteiger partial charge is 0.497 e. The number of benzene rings is 2. The van der Waals surface area contributed by atoms with Crippen molar-refractivity contribution in [1.29, 1.82) is 0 Å². The summed E-state index contributed by atoms with van der Waals surface area (Å²) in [5, 5.41) is 0. The fourth-order valence-electron chi connectivity index (χ4n) is 3.30. The lowest BCUT2D eigenvalue weighted by Gasteiger charge is -2.10. The number of methoxy groups -OCH3 is 2. The van der Waals surface area contributed by atoms with Crippen molar-refractivity contribution in [1.82, 2.24) is 4.98 Å². The molecule has 0 bridgehead atoms. The first-order valence-electron chi connectivity index (χ1n) is 9.96. The first kappa shape index (κ1) is 20.6. The molecule has 0 N–H and O–H groups in total. The third kappa shape index (κ3) is 4.86. The molecule has 29 heavy (non-hydrogen) atoms. The summed E-state index contributed by atoms with van der Waals surface area (Å²) in [4.78, 5) is 17.2. The van der Waals surface area contributed by atoms with Crippen LogP contribution in [0.3, 0.4) is 0 Å². The second-order valence-electron chi connectivity index (χ2n) is 6.90. The van der Waals surface area contributed by atoms with Crippen LogP contribution >= 0.6 is 0 Å². The molecule has 152 valence electrons. The van der Waals surface area contributed by atoms with Gasteiger partial charge in [0.2, 0.25) is 5.89 Å². The van der Waals surface area contributed by atoms with E-state index in [1.165, 1.54) is 7.11 Å². The first-order chi connectivity index (χ1) is 14.2. The summed E-state index contributed by atoms with van der Waals surface area (Å²) < 4.78 is 16.5. The quantitative estimate of drug-likeness (QED) is 0.337.